The Morgan fingerprint density at radius 1 is 1.40 bits per heavy atom. The molecular weight excluding hydrogens is 278 g/mol. The van der Waals surface area contributed by atoms with Gasteiger partial charge in [0.05, 0.1) is 12.8 Å². The molecule has 0 aliphatic rings. The molecule has 5 nitrogen and oxygen atoms in total. The maximum atomic E-state index is 10.8. The smallest absolute Gasteiger partial charge is 0.181 e. The fraction of sp³-hybridized carbons (Fsp3) is 0.0714. The van der Waals surface area contributed by atoms with E-state index in [-0.39, 0.29) is 0 Å². The highest BCUT2D eigenvalue weighted by Crippen LogP contribution is 2.30. The third-order valence-electron chi connectivity index (χ3n) is 2.93. The Hall–Kier alpha value is -2.40. The lowest BCUT2D eigenvalue weighted by Gasteiger charge is -2.07. The first-order valence-electron chi connectivity index (χ1n) is 5.86. The molecule has 0 unspecified atom stereocenters. The van der Waals surface area contributed by atoms with Crippen LogP contribution in [0.1, 0.15) is 10.4 Å². The minimum atomic E-state index is 0.471. The minimum absolute atomic E-state index is 0.471. The van der Waals surface area contributed by atoms with Crippen molar-refractivity contribution in [3.8, 4) is 11.4 Å². The summed E-state index contributed by atoms with van der Waals surface area (Å²) in [6.07, 6.45) is 4.01. The summed E-state index contributed by atoms with van der Waals surface area (Å²) in [6, 6.07) is 7.17. The lowest BCUT2D eigenvalue weighted by molar-refractivity contribution is 0.112. The van der Waals surface area contributed by atoms with E-state index < -0.39 is 0 Å². The number of methoxy groups -OCH3 is 1. The maximum absolute atomic E-state index is 10.8. The molecule has 3 aromatic rings. The average Bonchev–Trinajstić information content (AvgIpc) is 2.89. The number of halogens is 1. The SMILES string of the molecule is COc1cccc(-n2cc3cc(C=O)cnc3n2)c1Cl. The van der Waals surface area contributed by atoms with Crippen LogP contribution in [0.4, 0.5) is 0 Å². The van der Waals surface area contributed by atoms with Gasteiger partial charge in [-0.1, -0.05) is 17.7 Å². The zero-order valence-electron chi connectivity index (χ0n) is 10.6. The van der Waals surface area contributed by atoms with E-state index in [0.29, 0.717) is 27.7 Å². The highest BCUT2D eigenvalue weighted by molar-refractivity contribution is 6.33. The van der Waals surface area contributed by atoms with Crippen LogP contribution in [0.3, 0.4) is 0 Å². The molecule has 0 amide bonds. The number of benzene rings is 1. The van der Waals surface area contributed by atoms with Crippen LogP contribution in [-0.4, -0.2) is 28.2 Å². The fourth-order valence-corrected chi connectivity index (χ4v) is 2.24. The van der Waals surface area contributed by atoms with Crippen LogP contribution in [-0.2, 0) is 0 Å². The summed E-state index contributed by atoms with van der Waals surface area (Å²) in [5, 5.41) is 5.59. The van der Waals surface area contributed by atoms with Gasteiger partial charge in [-0.25, -0.2) is 9.67 Å². The summed E-state index contributed by atoms with van der Waals surface area (Å²) < 4.78 is 6.80. The van der Waals surface area contributed by atoms with Crippen LogP contribution in [0, 0.1) is 0 Å². The molecule has 0 N–H and O–H groups in total. The van der Waals surface area contributed by atoms with E-state index >= 15 is 0 Å². The molecule has 2 heterocycles. The number of ether oxygens (including phenoxy) is 1. The van der Waals surface area contributed by atoms with Crippen molar-refractivity contribution in [2.24, 2.45) is 0 Å². The molecular formula is C14H10ClN3O2. The Kier molecular flexibility index (Phi) is 3.12. The lowest BCUT2D eigenvalue weighted by atomic mass is 10.2. The number of aldehydes is 1. The number of rotatable bonds is 3. The Labute approximate surface area is 119 Å². The number of aromatic nitrogens is 3. The van der Waals surface area contributed by atoms with Crippen LogP contribution in [0.2, 0.25) is 5.02 Å². The van der Waals surface area contributed by atoms with E-state index in [9.17, 15) is 4.79 Å². The van der Waals surface area contributed by atoms with Crippen molar-refractivity contribution in [1.82, 2.24) is 14.8 Å². The fourth-order valence-electron chi connectivity index (χ4n) is 1.95. The van der Waals surface area contributed by atoms with Crippen molar-refractivity contribution in [3.63, 3.8) is 0 Å². The normalized spacial score (nSPS) is 10.7. The second-order valence-electron chi connectivity index (χ2n) is 4.17. The first-order chi connectivity index (χ1) is 9.72. The number of pyridine rings is 1. The maximum Gasteiger partial charge on any atom is 0.181 e. The van der Waals surface area contributed by atoms with E-state index in [1.54, 1.807) is 30.1 Å². The number of carbonyl (C=O) groups excluding carboxylic acids is 1. The van der Waals surface area contributed by atoms with Crippen molar-refractivity contribution in [2.45, 2.75) is 0 Å². The lowest BCUT2D eigenvalue weighted by Crippen LogP contribution is -1.97. The molecule has 0 aliphatic carbocycles. The Morgan fingerprint density at radius 2 is 2.25 bits per heavy atom. The third kappa shape index (κ3) is 2.02. The molecule has 0 spiro atoms. The van der Waals surface area contributed by atoms with Crippen LogP contribution >= 0.6 is 11.6 Å². The molecule has 0 bridgehead atoms. The van der Waals surface area contributed by atoms with Crippen LogP contribution < -0.4 is 4.74 Å². The first kappa shape index (κ1) is 12.6. The van der Waals surface area contributed by atoms with Crippen molar-refractivity contribution in [3.05, 3.63) is 47.2 Å². The van der Waals surface area contributed by atoms with Gasteiger partial charge in [0, 0.05) is 23.3 Å². The van der Waals surface area contributed by atoms with Crippen molar-refractivity contribution < 1.29 is 9.53 Å². The Balaban J connectivity index is 2.17. The molecule has 3 rings (SSSR count). The molecule has 2 aromatic heterocycles. The molecule has 0 aliphatic heterocycles. The van der Waals surface area contributed by atoms with Gasteiger partial charge >= 0.3 is 0 Å². The second-order valence-corrected chi connectivity index (χ2v) is 4.54. The van der Waals surface area contributed by atoms with Crippen LogP contribution in [0.25, 0.3) is 16.7 Å². The van der Waals surface area contributed by atoms with Crippen LogP contribution in [0.5, 0.6) is 5.75 Å². The Morgan fingerprint density at radius 3 is 3.00 bits per heavy atom. The summed E-state index contributed by atoms with van der Waals surface area (Å²) in [6.45, 7) is 0. The molecule has 0 fully saturated rings. The van der Waals surface area contributed by atoms with Gasteiger partial charge in [-0.2, -0.15) is 0 Å². The zero-order chi connectivity index (χ0) is 14.1. The van der Waals surface area contributed by atoms with Gasteiger partial charge in [0.25, 0.3) is 0 Å². The minimum Gasteiger partial charge on any atom is -0.495 e. The number of fused-ring (bicyclic) bond motifs is 1. The molecule has 0 radical (unpaired) electrons. The standard InChI is InChI=1S/C14H10ClN3O2/c1-20-12-4-2-3-11(13(12)15)18-7-10-5-9(8-19)6-16-14(10)17-18/h2-8H,1H3. The molecule has 0 saturated carbocycles. The molecule has 1 aromatic carbocycles. The summed E-state index contributed by atoms with van der Waals surface area (Å²) >= 11 is 6.27. The number of hydrogen-bond acceptors (Lipinski definition) is 4. The molecule has 20 heavy (non-hydrogen) atoms. The van der Waals surface area contributed by atoms with Gasteiger partial charge in [-0.15, -0.1) is 5.10 Å². The number of carbonyl (C=O) groups is 1. The molecule has 0 atom stereocenters. The first-order valence-corrected chi connectivity index (χ1v) is 6.24. The predicted octanol–water partition coefficient (Wildman–Crippen LogP) is 2.90. The predicted molar refractivity (Wildman–Crippen MR) is 75.8 cm³/mol. The third-order valence-corrected chi connectivity index (χ3v) is 3.31. The summed E-state index contributed by atoms with van der Waals surface area (Å²) in [4.78, 5) is 14.9. The summed E-state index contributed by atoms with van der Waals surface area (Å²) in [7, 11) is 1.56. The van der Waals surface area contributed by atoms with E-state index in [1.807, 2.05) is 12.1 Å². The van der Waals surface area contributed by atoms with Crippen molar-refractivity contribution in [1.29, 1.82) is 0 Å². The second kappa shape index (κ2) is 4.94. The summed E-state index contributed by atoms with van der Waals surface area (Å²) in [5.74, 6) is 0.574. The highest BCUT2D eigenvalue weighted by Gasteiger charge is 2.11. The van der Waals surface area contributed by atoms with E-state index in [1.165, 1.54) is 6.20 Å². The average molecular weight is 288 g/mol. The number of hydrogen-bond donors (Lipinski definition) is 0. The van der Waals surface area contributed by atoms with Gasteiger partial charge in [-0.05, 0) is 18.2 Å². The quantitative estimate of drug-likeness (QED) is 0.695. The van der Waals surface area contributed by atoms with Gasteiger partial charge in [0.15, 0.2) is 11.9 Å². The number of nitrogens with zero attached hydrogens (tertiary/aromatic N) is 3. The van der Waals surface area contributed by atoms with E-state index in [4.69, 9.17) is 16.3 Å². The highest BCUT2D eigenvalue weighted by atomic mass is 35.5. The largest absolute Gasteiger partial charge is 0.495 e. The molecule has 0 saturated heterocycles. The van der Waals surface area contributed by atoms with E-state index in [2.05, 4.69) is 10.1 Å². The zero-order valence-corrected chi connectivity index (χ0v) is 11.3. The van der Waals surface area contributed by atoms with Gasteiger partial charge in [0.1, 0.15) is 10.8 Å². The van der Waals surface area contributed by atoms with Gasteiger partial charge < -0.3 is 4.74 Å². The monoisotopic (exact) mass is 287 g/mol. The van der Waals surface area contributed by atoms with Crippen molar-refractivity contribution >= 4 is 28.9 Å². The molecule has 100 valence electrons. The summed E-state index contributed by atoms with van der Waals surface area (Å²) in [5.41, 5.74) is 1.75. The van der Waals surface area contributed by atoms with Gasteiger partial charge in [-0.3, -0.25) is 4.79 Å². The van der Waals surface area contributed by atoms with Gasteiger partial charge in [0.2, 0.25) is 0 Å². The molecule has 6 heteroatoms. The topological polar surface area (TPSA) is 57.0 Å². The Bertz CT molecular complexity index is 798. The van der Waals surface area contributed by atoms with E-state index in [0.717, 1.165) is 11.7 Å². The van der Waals surface area contributed by atoms with Crippen LogP contribution in [0.15, 0.2) is 36.7 Å². The van der Waals surface area contributed by atoms with Crippen molar-refractivity contribution in [2.75, 3.05) is 7.11 Å².